The summed E-state index contributed by atoms with van der Waals surface area (Å²) in [5.41, 5.74) is 0. The molecule has 0 aromatic heterocycles. The van der Waals surface area contributed by atoms with Gasteiger partial charge in [-0.05, 0) is 0 Å². The molecule has 0 atom stereocenters. The number of hydrogen-bond donors (Lipinski definition) is 0. The summed E-state index contributed by atoms with van der Waals surface area (Å²) in [7, 11) is 0. The SMILES string of the molecule is [SbH2][c]1cccc2ccccc12. The molecule has 0 amide bonds. The van der Waals surface area contributed by atoms with Crippen LogP contribution in [0.3, 0.4) is 0 Å². The van der Waals surface area contributed by atoms with Crippen molar-refractivity contribution in [1.82, 2.24) is 0 Å². The van der Waals surface area contributed by atoms with Crippen molar-refractivity contribution in [3.8, 4) is 0 Å². The molecule has 1 heteroatoms. The molecule has 0 aliphatic rings. The third-order valence-corrected chi connectivity index (χ3v) is 3.26. The van der Waals surface area contributed by atoms with Crippen molar-refractivity contribution in [2.45, 2.75) is 0 Å². The summed E-state index contributed by atoms with van der Waals surface area (Å²) in [5.74, 6) is 0. The Bertz CT molecular complexity index is 374. The Kier molecular flexibility index (Phi) is 1.87. The fourth-order valence-corrected chi connectivity index (χ4v) is 2.32. The molecule has 0 bridgehead atoms. The molecule has 0 fully saturated rings. The molecule has 0 aliphatic carbocycles. The molecule has 0 aliphatic heterocycles. The van der Waals surface area contributed by atoms with Crippen LogP contribution in [0, 0.1) is 0 Å². The van der Waals surface area contributed by atoms with Gasteiger partial charge in [0.2, 0.25) is 0 Å². The summed E-state index contributed by atoms with van der Waals surface area (Å²) < 4.78 is 1.48. The first-order valence-electron chi connectivity index (χ1n) is 3.61. The van der Waals surface area contributed by atoms with Gasteiger partial charge in [0, 0.05) is 0 Å². The molecule has 0 saturated heterocycles. The van der Waals surface area contributed by atoms with E-state index in [2.05, 4.69) is 42.5 Å². The molecule has 2 rings (SSSR count). The van der Waals surface area contributed by atoms with Crippen LogP contribution in [-0.2, 0) is 0 Å². The Hall–Kier alpha value is -0.482. The van der Waals surface area contributed by atoms with Crippen molar-refractivity contribution in [3.63, 3.8) is 0 Å². The van der Waals surface area contributed by atoms with Gasteiger partial charge in [0.15, 0.2) is 0 Å². The maximum absolute atomic E-state index is 2.20. The average molecular weight is 251 g/mol. The van der Waals surface area contributed by atoms with Crippen LogP contribution < -0.4 is 3.51 Å². The van der Waals surface area contributed by atoms with E-state index >= 15 is 0 Å². The topological polar surface area (TPSA) is 0 Å². The Morgan fingerprint density at radius 1 is 0.818 bits per heavy atom. The van der Waals surface area contributed by atoms with E-state index in [1.165, 1.54) is 37.3 Å². The summed E-state index contributed by atoms with van der Waals surface area (Å²) in [6.45, 7) is 0. The third kappa shape index (κ3) is 1.28. The molecule has 0 saturated carbocycles. The Morgan fingerprint density at radius 2 is 1.55 bits per heavy atom. The average Bonchev–Trinajstić information content (AvgIpc) is 2.06. The van der Waals surface area contributed by atoms with Crippen LogP contribution in [0.1, 0.15) is 0 Å². The van der Waals surface area contributed by atoms with Gasteiger partial charge < -0.3 is 0 Å². The van der Waals surface area contributed by atoms with Crippen LogP contribution in [0.25, 0.3) is 10.8 Å². The molecule has 0 radical (unpaired) electrons. The van der Waals surface area contributed by atoms with E-state index in [4.69, 9.17) is 0 Å². The molecule has 0 nitrogen and oxygen atoms in total. The quantitative estimate of drug-likeness (QED) is 0.615. The predicted octanol–water partition coefficient (Wildman–Crippen LogP) is 1.10. The van der Waals surface area contributed by atoms with Crippen LogP contribution in [0.15, 0.2) is 42.5 Å². The van der Waals surface area contributed by atoms with E-state index in [0.717, 1.165) is 0 Å². The normalized spacial score (nSPS) is 10.3. The number of fused-ring (bicyclic) bond motifs is 1. The van der Waals surface area contributed by atoms with Crippen molar-refractivity contribution < 1.29 is 0 Å². The van der Waals surface area contributed by atoms with Gasteiger partial charge in [-0.2, -0.15) is 0 Å². The van der Waals surface area contributed by atoms with Gasteiger partial charge >= 0.3 is 79.8 Å². The summed E-state index contributed by atoms with van der Waals surface area (Å²) in [5, 5.41) is 2.77. The molecule has 0 heterocycles. The first kappa shape index (κ1) is 7.18. The fourth-order valence-electron chi connectivity index (χ4n) is 1.25. The molecule has 2 aromatic carbocycles. The molecule has 0 spiro atoms. The second kappa shape index (κ2) is 2.87. The van der Waals surface area contributed by atoms with Crippen molar-refractivity contribution in [2.75, 3.05) is 0 Å². The van der Waals surface area contributed by atoms with Gasteiger partial charge in [0.25, 0.3) is 0 Å². The Morgan fingerprint density at radius 3 is 2.36 bits per heavy atom. The van der Waals surface area contributed by atoms with E-state index < -0.39 is 0 Å². The van der Waals surface area contributed by atoms with Crippen molar-refractivity contribution in [3.05, 3.63) is 42.5 Å². The molecular formula is C10H9Sb. The standard InChI is InChI=1S/C10H7.Sb.2H/c1-2-6-10-8-4-3-7-9(10)5-1;;;/h1-7H;;;. The Balaban J connectivity index is 2.91. The minimum absolute atomic E-state index is 1.20. The van der Waals surface area contributed by atoms with E-state index in [9.17, 15) is 0 Å². The van der Waals surface area contributed by atoms with Crippen molar-refractivity contribution in [2.24, 2.45) is 0 Å². The Labute approximate surface area is 79.7 Å². The van der Waals surface area contributed by atoms with E-state index in [1.807, 2.05) is 0 Å². The van der Waals surface area contributed by atoms with E-state index in [-0.39, 0.29) is 0 Å². The summed E-state index contributed by atoms with van der Waals surface area (Å²) in [6.07, 6.45) is 0. The van der Waals surface area contributed by atoms with E-state index in [0.29, 0.717) is 0 Å². The van der Waals surface area contributed by atoms with Crippen LogP contribution in [-0.4, -0.2) is 23.0 Å². The van der Waals surface area contributed by atoms with Crippen LogP contribution in [0.5, 0.6) is 0 Å². The minimum atomic E-state index is 1.20. The zero-order valence-electron chi connectivity index (χ0n) is 6.12. The maximum atomic E-state index is 2.20. The van der Waals surface area contributed by atoms with Gasteiger partial charge in [-0.15, -0.1) is 0 Å². The van der Waals surface area contributed by atoms with Crippen LogP contribution >= 0.6 is 0 Å². The second-order valence-corrected chi connectivity index (χ2v) is 4.34. The second-order valence-electron chi connectivity index (χ2n) is 2.57. The van der Waals surface area contributed by atoms with E-state index in [1.54, 1.807) is 0 Å². The third-order valence-electron chi connectivity index (χ3n) is 1.82. The van der Waals surface area contributed by atoms with Gasteiger partial charge in [-0.25, -0.2) is 0 Å². The van der Waals surface area contributed by atoms with Gasteiger partial charge in [0.1, 0.15) is 0 Å². The molecule has 0 unspecified atom stereocenters. The van der Waals surface area contributed by atoms with Crippen molar-refractivity contribution >= 4 is 37.3 Å². The monoisotopic (exact) mass is 250 g/mol. The van der Waals surface area contributed by atoms with Gasteiger partial charge in [-0.3, -0.25) is 0 Å². The predicted molar refractivity (Wildman–Crippen MR) is 52.1 cm³/mol. The first-order valence-corrected chi connectivity index (χ1v) is 5.26. The molecule has 0 N–H and O–H groups in total. The molecular weight excluding hydrogens is 242 g/mol. The summed E-state index contributed by atoms with van der Waals surface area (Å²) in [6, 6.07) is 15.0. The number of hydrogen-bond acceptors (Lipinski definition) is 0. The summed E-state index contributed by atoms with van der Waals surface area (Å²) in [4.78, 5) is 0. The molecule has 11 heavy (non-hydrogen) atoms. The van der Waals surface area contributed by atoms with Gasteiger partial charge in [-0.1, -0.05) is 0 Å². The molecule has 2 aromatic rings. The zero-order valence-corrected chi connectivity index (χ0v) is 9.41. The first-order chi connectivity index (χ1) is 5.38. The number of benzene rings is 2. The van der Waals surface area contributed by atoms with Gasteiger partial charge in [0.05, 0.1) is 0 Å². The zero-order chi connectivity index (χ0) is 7.68. The van der Waals surface area contributed by atoms with Crippen molar-refractivity contribution in [1.29, 1.82) is 0 Å². The summed E-state index contributed by atoms with van der Waals surface area (Å²) >= 11 is 1.20. The van der Waals surface area contributed by atoms with Crippen LogP contribution in [0.2, 0.25) is 0 Å². The van der Waals surface area contributed by atoms with Crippen LogP contribution in [0.4, 0.5) is 0 Å². The fraction of sp³-hybridized carbons (Fsp3) is 0. The number of rotatable bonds is 0. The molecule has 54 valence electrons.